The molecule has 1 N–H and O–H groups in total. The van der Waals surface area contributed by atoms with E-state index in [2.05, 4.69) is 52.8 Å². The van der Waals surface area contributed by atoms with Crippen molar-refractivity contribution in [3.63, 3.8) is 0 Å². The van der Waals surface area contributed by atoms with Crippen LogP contribution in [0.1, 0.15) is 25.2 Å². The molecule has 2 aromatic rings. The Hall–Kier alpha value is -1.42. The maximum Gasteiger partial charge on any atom is 0.202 e. The Morgan fingerprint density at radius 1 is 1.24 bits per heavy atom. The van der Waals surface area contributed by atoms with E-state index in [1.807, 2.05) is 13.0 Å². The predicted octanol–water partition coefficient (Wildman–Crippen LogP) is 3.24. The largest absolute Gasteiger partial charge is 0.359 e. The van der Waals surface area contributed by atoms with E-state index in [-0.39, 0.29) is 5.41 Å². The Morgan fingerprint density at radius 2 is 1.94 bits per heavy atom. The molecule has 0 saturated carbocycles. The predicted molar refractivity (Wildman–Crippen MR) is 72.6 cm³/mol. The van der Waals surface area contributed by atoms with Crippen LogP contribution in [0.15, 0.2) is 30.3 Å². The molecule has 0 radical (unpaired) electrons. The zero-order chi connectivity index (χ0) is 12.3. The second kappa shape index (κ2) is 4.84. The van der Waals surface area contributed by atoms with E-state index in [1.165, 1.54) is 17.1 Å². The van der Waals surface area contributed by atoms with Gasteiger partial charge in [-0.3, -0.25) is 0 Å². The molecule has 2 rings (SSSR count). The van der Waals surface area contributed by atoms with E-state index in [1.54, 1.807) is 0 Å². The summed E-state index contributed by atoms with van der Waals surface area (Å²) in [6.07, 6.45) is 0. The molecule has 0 fully saturated rings. The van der Waals surface area contributed by atoms with E-state index in [0.29, 0.717) is 0 Å². The number of nitrogens with zero attached hydrogens (tertiary/aromatic N) is 2. The van der Waals surface area contributed by atoms with Crippen LogP contribution in [0.25, 0.3) is 0 Å². The molecular formula is C13H17N3S. The maximum absolute atomic E-state index is 4.30. The Labute approximate surface area is 106 Å². The van der Waals surface area contributed by atoms with Crippen molar-refractivity contribution in [1.82, 2.24) is 9.36 Å². The van der Waals surface area contributed by atoms with Crippen molar-refractivity contribution in [3.05, 3.63) is 41.7 Å². The molecule has 1 aromatic heterocycles. The van der Waals surface area contributed by atoms with Gasteiger partial charge in [-0.05, 0) is 12.5 Å². The molecule has 0 saturated heterocycles. The first-order valence-electron chi connectivity index (χ1n) is 5.68. The monoisotopic (exact) mass is 247 g/mol. The van der Waals surface area contributed by atoms with Gasteiger partial charge in [-0.1, -0.05) is 44.2 Å². The summed E-state index contributed by atoms with van der Waals surface area (Å²) in [6, 6.07) is 10.5. The maximum atomic E-state index is 4.30. The summed E-state index contributed by atoms with van der Waals surface area (Å²) >= 11 is 1.41. The minimum Gasteiger partial charge on any atom is -0.359 e. The van der Waals surface area contributed by atoms with Gasteiger partial charge in [-0.2, -0.15) is 4.37 Å². The third kappa shape index (κ3) is 3.03. The van der Waals surface area contributed by atoms with Gasteiger partial charge in [0.05, 0.1) is 0 Å². The second-order valence-corrected chi connectivity index (χ2v) is 5.50. The number of benzene rings is 1. The third-order valence-electron chi connectivity index (χ3n) is 2.76. The van der Waals surface area contributed by atoms with E-state index < -0.39 is 0 Å². The number of hydrogen-bond donors (Lipinski definition) is 1. The van der Waals surface area contributed by atoms with E-state index >= 15 is 0 Å². The smallest absolute Gasteiger partial charge is 0.202 e. The highest BCUT2D eigenvalue weighted by molar-refractivity contribution is 7.09. The molecule has 4 heteroatoms. The molecule has 0 aliphatic rings. The van der Waals surface area contributed by atoms with Gasteiger partial charge < -0.3 is 5.32 Å². The number of hydrogen-bond acceptors (Lipinski definition) is 4. The fourth-order valence-electron chi connectivity index (χ4n) is 1.66. The highest BCUT2D eigenvalue weighted by Crippen LogP contribution is 2.23. The average Bonchev–Trinajstić information content (AvgIpc) is 2.74. The van der Waals surface area contributed by atoms with Crippen LogP contribution in [-0.2, 0) is 5.41 Å². The first kappa shape index (κ1) is 12.0. The van der Waals surface area contributed by atoms with E-state index in [9.17, 15) is 0 Å². The molecule has 0 aliphatic carbocycles. The van der Waals surface area contributed by atoms with Gasteiger partial charge in [0.2, 0.25) is 5.13 Å². The zero-order valence-corrected chi connectivity index (χ0v) is 11.2. The van der Waals surface area contributed by atoms with Crippen LogP contribution in [0, 0.1) is 6.92 Å². The molecule has 1 aromatic carbocycles. The standard InChI is InChI=1S/C13H17N3S/c1-10-15-12(17-16-10)14-9-13(2,3)11-7-5-4-6-8-11/h4-8H,9H2,1-3H3,(H,14,15,16). The summed E-state index contributed by atoms with van der Waals surface area (Å²) < 4.78 is 4.16. The minimum absolute atomic E-state index is 0.0842. The van der Waals surface area contributed by atoms with Gasteiger partial charge in [0.25, 0.3) is 0 Å². The number of nitrogens with one attached hydrogen (secondary N) is 1. The highest BCUT2D eigenvalue weighted by atomic mass is 32.1. The van der Waals surface area contributed by atoms with Crippen LogP contribution in [0.3, 0.4) is 0 Å². The Kier molecular flexibility index (Phi) is 3.43. The van der Waals surface area contributed by atoms with Gasteiger partial charge in [0.1, 0.15) is 5.82 Å². The van der Waals surface area contributed by atoms with Crippen molar-refractivity contribution < 1.29 is 0 Å². The summed E-state index contributed by atoms with van der Waals surface area (Å²) in [7, 11) is 0. The van der Waals surface area contributed by atoms with Crippen LogP contribution in [-0.4, -0.2) is 15.9 Å². The molecular weight excluding hydrogens is 230 g/mol. The molecule has 90 valence electrons. The molecule has 0 spiro atoms. The number of anilines is 1. The van der Waals surface area contributed by atoms with Crippen LogP contribution < -0.4 is 5.32 Å². The minimum atomic E-state index is 0.0842. The van der Waals surface area contributed by atoms with Gasteiger partial charge in [0, 0.05) is 23.5 Å². The molecule has 0 amide bonds. The number of aromatic nitrogens is 2. The van der Waals surface area contributed by atoms with E-state index in [0.717, 1.165) is 17.5 Å². The molecule has 0 atom stereocenters. The molecule has 17 heavy (non-hydrogen) atoms. The molecule has 0 unspecified atom stereocenters. The van der Waals surface area contributed by atoms with Crippen molar-refractivity contribution >= 4 is 16.7 Å². The van der Waals surface area contributed by atoms with Crippen molar-refractivity contribution in [2.75, 3.05) is 11.9 Å². The summed E-state index contributed by atoms with van der Waals surface area (Å²) in [4.78, 5) is 4.30. The van der Waals surface area contributed by atoms with Crippen molar-refractivity contribution in [2.24, 2.45) is 0 Å². The fraction of sp³-hybridized carbons (Fsp3) is 0.385. The highest BCUT2D eigenvalue weighted by Gasteiger charge is 2.20. The van der Waals surface area contributed by atoms with Crippen LogP contribution >= 0.6 is 11.5 Å². The van der Waals surface area contributed by atoms with E-state index in [4.69, 9.17) is 0 Å². The summed E-state index contributed by atoms with van der Waals surface area (Å²) in [5, 5.41) is 4.24. The lowest BCUT2D eigenvalue weighted by Crippen LogP contribution is -2.27. The Balaban J connectivity index is 2.03. The third-order valence-corrected chi connectivity index (χ3v) is 3.53. The average molecular weight is 247 g/mol. The van der Waals surface area contributed by atoms with Crippen LogP contribution in [0.5, 0.6) is 0 Å². The summed E-state index contributed by atoms with van der Waals surface area (Å²) in [5.41, 5.74) is 1.41. The van der Waals surface area contributed by atoms with Crippen molar-refractivity contribution in [3.8, 4) is 0 Å². The van der Waals surface area contributed by atoms with Crippen LogP contribution in [0.4, 0.5) is 5.13 Å². The summed E-state index contributed by atoms with van der Waals surface area (Å²) in [6.45, 7) is 7.21. The fourth-order valence-corrected chi connectivity index (χ4v) is 2.23. The van der Waals surface area contributed by atoms with Gasteiger partial charge in [0.15, 0.2) is 0 Å². The first-order chi connectivity index (χ1) is 8.08. The van der Waals surface area contributed by atoms with Crippen molar-refractivity contribution in [2.45, 2.75) is 26.2 Å². The van der Waals surface area contributed by atoms with Crippen LogP contribution in [0.2, 0.25) is 0 Å². The summed E-state index contributed by atoms with van der Waals surface area (Å²) in [5.74, 6) is 0.829. The lowest BCUT2D eigenvalue weighted by atomic mass is 9.85. The number of rotatable bonds is 4. The van der Waals surface area contributed by atoms with Gasteiger partial charge in [-0.25, -0.2) is 4.98 Å². The van der Waals surface area contributed by atoms with Gasteiger partial charge >= 0.3 is 0 Å². The molecule has 1 heterocycles. The second-order valence-electron chi connectivity index (χ2n) is 4.75. The quantitative estimate of drug-likeness (QED) is 0.901. The molecule has 0 aliphatic heterocycles. The molecule has 3 nitrogen and oxygen atoms in total. The first-order valence-corrected chi connectivity index (χ1v) is 6.45. The Morgan fingerprint density at radius 3 is 2.53 bits per heavy atom. The Bertz CT molecular complexity index is 476. The SMILES string of the molecule is Cc1nsc(NCC(C)(C)c2ccccc2)n1. The topological polar surface area (TPSA) is 37.8 Å². The number of aryl methyl sites for hydroxylation is 1. The zero-order valence-electron chi connectivity index (χ0n) is 10.4. The molecule has 0 bridgehead atoms. The lowest BCUT2D eigenvalue weighted by Gasteiger charge is -2.25. The normalized spacial score (nSPS) is 11.5. The van der Waals surface area contributed by atoms with Crippen molar-refractivity contribution in [1.29, 1.82) is 0 Å². The lowest BCUT2D eigenvalue weighted by molar-refractivity contribution is 0.557. The van der Waals surface area contributed by atoms with Gasteiger partial charge in [-0.15, -0.1) is 0 Å².